The number of esters is 4. The summed E-state index contributed by atoms with van der Waals surface area (Å²) >= 11 is 0. The third kappa shape index (κ3) is 71.7. The molecular formula is C81H158O17P2. The highest BCUT2D eigenvalue weighted by atomic mass is 31.2. The third-order valence-corrected chi connectivity index (χ3v) is 21.4. The molecule has 0 radical (unpaired) electrons. The number of ether oxygens (including phenoxy) is 4. The van der Waals surface area contributed by atoms with Crippen molar-refractivity contribution in [2.24, 2.45) is 23.7 Å². The molecule has 7 atom stereocenters. The van der Waals surface area contributed by atoms with Gasteiger partial charge >= 0.3 is 39.5 Å². The number of aliphatic hydroxyl groups is 1. The number of unbranched alkanes of at least 4 members (excludes halogenated alkanes) is 42. The molecule has 0 aromatic carbocycles. The van der Waals surface area contributed by atoms with Gasteiger partial charge in [0.2, 0.25) is 0 Å². The van der Waals surface area contributed by atoms with Crippen LogP contribution in [0.4, 0.5) is 0 Å². The van der Waals surface area contributed by atoms with E-state index in [9.17, 15) is 43.2 Å². The highest BCUT2D eigenvalue weighted by Gasteiger charge is 2.30. The van der Waals surface area contributed by atoms with Crippen LogP contribution in [-0.4, -0.2) is 96.7 Å². The minimum Gasteiger partial charge on any atom is -0.462 e. The summed E-state index contributed by atoms with van der Waals surface area (Å²) in [5.74, 6) is 1.03. The zero-order valence-corrected chi connectivity index (χ0v) is 67.6. The van der Waals surface area contributed by atoms with Crippen molar-refractivity contribution in [3.05, 3.63) is 0 Å². The average Bonchev–Trinajstić information content (AvgIpc) is 0.971. The molecule has 100 heavy (non-hydrogen) atoms. The van der Waals surface area contributed by atoms with Gasteiger partial charge in [0, 0.05) is 25.7 Å². The third-order valence-electron chi connectivity index (χ3n) is 19.5. The van der Waals surface area contributed by atoms with Crippen molar-refractivity contribution in [1.29, 1.82) is 0 Å². The smallest absolute Gasteiger partial charge is 0.462 e. The minimum atomic E-state index is -4.96. The van der Waals surface area contributed by atoms with Crippen LogP contribution in [0.15, 0.2) is 0 Å². The Kier molecular flexibility index (Phi) is 68.7. The fourth-order valence-electron chi connectivity index (χ4n) is 12.4. The largest absolute Gasteiger partial charge is 0.472 e. The van der Waals surface area contributed by atoms with Crippen molar-refractivity contribution >= 4 is 39.5 Å². The lowest BCUT2D eigenvalue weighted by atomic mass is 9.99. The van der Waals surface area contributed by atoms with E-state index in [4.69, 9.17) is 37.0 Å². The molecule has 0 aliphatic carbocycles. The number of hydrogen-bond donors (Lipinski definition) is 3. The van der Waals surface area contributed by atoms with Crippen LogP contribution in [0.25, 0.3) is 0 Å². The van der Waals surface area contributed by atoms with Crippen molar-refractivity contribution in [3.8, 4) is 0 Å². The maximum Gasteiger partial charge on any atom is 0.472 e. The number of rotatable bonds is 78. The van der Waals surface area contributed by atoms with Gasteiger partial charge in [-0.25, -0.2) is 9.13 Å². The van der Waals surface area contributed by atoms with Gasteiger partial charge in [-0.05, 0) is 49.4 Å². The predicted molar refractivity (Wildman–Crippen MR) is 409 cm³/mol. The number of aliphatic hydroxyl groups excluding tert-OH is 1. The van der Waals surface area contributed by atoms with Crippen LogP contribution < -0.4 is 0 Å². The van der Waals surface area contributed by atoms with E-state index in [1.54, 1.807) is 0 Å². The Morgan fingerprint density at radius 1 is 0.280 bits per heavy atom. The second-order valence-corrected chi connectivity index (χ2v) is 33.5. The first kappa shape index (κ1) is 98.1. The molecule has 0 aliphatic rings. The second kappa shape index (κ2) is 70.1. The van der Waals surface area contributed by atoms with Crippen LogP contribution in [0.3, 0.4) is 0 Å². The highest BCUT2D eigenvalue weighted by molar-refractivity contribution is 7.47. The van der Waals surface area contributed by atoms with Crippen molar-refractivity contribution in [2.75, 3.05) is 39.6 Å². The van der Waals surface area contributed by atoms with E-state index < -0.39 is 97.5 Å². The Hall–Kier alpha value is -1.94. The van der Waals surface area contributed by atoms with Crippen molar-refractivity contribution in [3.63, 3.8) is 0 Å². The van der Waals surface area contributed by atoms with E-state index >= 15 is 0 Å². The molecule has 0 rings (SSSR count). The molecule has 17 nitrogen and oxygen atoms in total. The molecule has 0 spiro atoms. The number of carbonyl (C=O) groups excluding carboxylic acids is 4. The molecule has 0 aliphatic heterocycles. The fourth-order valence-corrected chi connectivity index (χ4v) is 13.9. The Balaban J connectivity index is 5.20. The summed E-state index contributed by atoms with van der Waals surface area (Å²) in [7, 11) is -9.92. The van der Waals surface area contributed by atoms with Crippen LogP contribution in [0.1, 0.15) is 415 Å². The summed E-state index contributed by atoms with van der Waals surface area (Å²) in [5, 5.41) is 10.6. The number of carbonyl (C=O) groups is 4. The Bertz CT molecular complexity index is 1960. The van der Waals surface area contributed by atoms with E-state index in [1.807, 2.05) is 0 Å². The molecule has 19 heteroatoms. The van der Waals surface area contributed by atoms with Gasteiger partial charge in [-0.15, -0.1) is 0 Å². The van der Waals surface area contributed by atoms with Crippen LogP contribution in [0.2, 0.25) is 0 Å². The van der Waals surface area contributed by atoms with E-state index in [0.717, 1.165) is 114 Å². The van der Waals surface area contributed by atoms with Crippen molar-refractivity contribution in [1.82, 2.24) is 0 Å². The molecule has 0 heterocycles. The van der Waals surface area contributed by atoms with Crippen LogP contribution in [0, 0.1) is 23.7 Å². The van der Waals surface area contributed by atoms with Gasteiger partial charge in [-0.3, -0.25) is 37.3 Å². The van der Waals surface area contributed by atoms with Gasteiger partial charge in [0.1, 0.15) is 19.3 Å². The monoisotopic (exact) mass is 1470 g/mol. The highest BCUT2D eigenvalue weighted by Crippen LogP contribution is 2.45. The molecule has 0 amide bonds. The first-order chi connectivity index (χ1) is 48.2. The molecule has 0 aromatic rings. The normalized spacial score (nSPS) is 14.6. The standard InChI is InChI=1S/C81H158O17P2/c1-9-73(7)59-51-43-35-27-21-17-15-13-11-12-14-16-18-22-29-37-45-53-61-78(83)91-67-76(97-81(86)64-56-48-39-31-25-24-28-36-44-52-60-74(8)10-2)69-95-99(87,88)93-65-75(82)66-94-100(89,90)96-70-77(68-92-79(84)62-54-46-40-32-34-42-50-58-72(5)6)98-80(85)63-55-47-38-30-23-19-20-26-33-41-49-57-71(3)4/h71-77,82H,9-70H2,1-8H3,(H,87,88)(H,89,90)/t73?,74?,75?,76-,77-/m1/s1. The number of hydrogen-bond acceptors (Lipinski definition) is 15. The van der Waals surface area contributed by atoms with Crippen LogP contribution >= 0.6 is 15.6 Å². The van der Waals surface area contributed by atoms with Gasteiger partial charge < -0.3 is 33.8 Å². The van der Waals surface area contributed by atoms with Gasteiger partial charge in [0.15, 0.2) is 12.2 Å². The molecule has 5 unspecified atom stereocenters. The lowest BCUT2D eigenvalue weighted by Gasteiger charge is -2.21. The van der Waals surface area contributed by atoms with Crippen LogP contribution in [-0.2, 0) is 65.4 Å². The zero-order chi connectivity index (χ0) is 73.8. The summed E-state index contributed by atoms with van der Waals surface area (Å²) in [4.78, 5) is 73.0. The Morgan fingerprint density at radius 2 is 0.480 bits per heavy atom. The SMILES string of the molecule is CCC(C)CCCCCCCCCCCCCCCCCCCCC(=O)OC[C@H](COP(=O)(O)OCC(O)COP(=O)(O)OC[C@@H](COC(=O)CCCCCCCCCC(C)C)OC(=O)CCCCCCCCCCCCCC(C)C)OC(=O)CCCCCCCCCCCCC(C)CC. The molecular weight excluding hydrogens is 1310 g/mol. The predicted octanol–water partition coefficient (Wildman–Crippen LogP) is 24.0. The molecule has 0 fully saturated rings. The average molecular weight is 1470 g/mol. The first-order valence-electron chi connectivity index (χ1n) is 41.8. The summed E-state index contributed by atoms with van der Waals surface area (Å²) in [6.45, 7) is 14.3. The molecule has 0 saturated carbocycles. The maximum absolute atomic E-state index is 13.1. The van der Waals surface area contributed by atoms with Gasteiger partial charge in [0.25, 0.3) is 0 Å². The van der Waals surface area contributed by atoms with Gasteiger partial charge in [0.05, 0.1) is 26.4 Å². The molecule has 0 aromatic heterocycles. The molecule has 0 saturated heterocycles. The number of phosphoric acid groups is 2. The summed E-state index contributed by atoms with van der Waals surface area (Å²) in [5.41, 5.74) is 0. The van der Waals surface area contributed by atoms with E-state index in [-0.39, 0.29) is 25.7 Å². The van der Waals surface area contributed by atoms with Gasteiger partial charge in [-0.1, -0.05) is 364 Å². The van der Waals surface area contributed by atoms with E-state index in [1.165, 1.54) is 212 Å². The summed E-state index contributed by atoms with van der Waals surface area (Å²) in [6.07, 6.45) is 56.9. The quantitative estimate of drug-likeness (QED) is 0.0222. The second-order valence-electron chi connectivity index (χ2n) is 30.6. The summed E-state index contributed by atoms with van der Waals surface area (Å²) in [6, 6.07) is 0. The lowest BCUT2D eigenvalue weighted by Crippen LogP contribution is -2.30. The molecule has 594 valence electrons. The zero-order valence-electron chi connectivity index (χ0n) is 65.8. The van der Waals surface area contributed by atoms with Crippen molar-refractivity contribution in [2.45, 2.75) is 433 Å². The van der Waals surface area contributed by atoms with Gasteiger partial charge in [-0.2, -0.15) is 0 Å². The molecule has 3 N–H and O–H groups in total. The minimum absolute atomic E-state index is 0.105. The fraction of sp³-hybridized carbons (Fsp3) is 0.951. The van der Waals surface area contributed by atoms with Crippen LogP contribution in [0.5, 0.6) is 0 Å². The topological polar surface area (TPSA) is 237 Å². The number of phosphoric ester groups is 2. The van der Waals surface area contributed by atoms with E-state index in [2.05, 4.69) is 55.4 Å². The summed E-state index contributed by atoms with van der Waals surface area (Å²) < 4.78 is 68.7. The Labute approximate surface area is 613 Å². The van der Waals surface area contributed by atoms with E-state index in [0.29, 0.717) is 31.6 Å². The van der Waals surface area contributed by atoms with Crippen molar-refractivity contribution < 1.29 is 80.2 Å². The lowest BCUT2D eigenvalue weighted by molar-refractivity contribution is -0.161. The Morgan fingerprint density at radius 3 is 0.710 bits per heavy atom. The molecule has 0 bridgehead atoms. The first-order valence-corrected chi connectivity index (χ1v) is 44.8. The maximum atomic E-state index is 13.1.